The number of H-pyrrole nitrogens is 1. The standard InChI is InChI=1S/C12H6ClF3N4/c13-11-3-7-6(4-17-11)1-9(20-7)8-2-10(12(14,15)16)19-5-18-8/h1-5,20H. The van der Waals surface area contributed by atoms with Crippen molar-refractivity contribution in [2.75, 3.05) is 0 Å². The Balaban J connectivity index is 2.11. The average Bonchev–Trinajstić information content (AvgIpc) is 2.81. The first kappa shape index (κ1) is 12.9. The summed E-state index contributed by atoms with van der Waals surface area (Å²) in [6, 6.07) is 4.13. The fourth-order valence-corrected chi connectivity index (χ4v) is 1.96. The summed E-state index contributed by atoms with van der Waals surface area (Å²) in [5, 5.41) is 1.03. The van der Waals surface area contributed by atoms with Crippen molar-refractivity contribution < 1.29 is 13.2 Å². The van der Waals surface area contributed by atoms with E-state index < -0.39 is 11.9 Å². The van der Waals surface area contributed by atoms with Gasteiger partial charge in [0.1, 0.15) is 17.2 Å². The molecule has 3 rings (SSSR count). The Hall–Kier alpha value is -2.15. The lowest BCUT2D eigenvalue weighted by molar-refractivity contribution is -0.141. The molecule has 3 aromatic heterocycles. The Bertz CT molecular complexity index is 782. The first-order valence-electron chi connectivity index (χ1n) is 5.47. The number of pyridine rings is 1. The summed E-state index contributed by atoms with van der Waals surface area (Å²) in [5.74, 6) is 0. The van der Waals surface area contributed by atoms with Gasteiger partial charge >= 0.3 is 6.18 Å². The number of halogens is 4. The van der Waals surface area contributed by atoms with Crippen LogP contribution in [0.5, 0.6) is 0 Å². The normalized spacial score (nSPS) is 12.0. The molecule has 0 spiro atoms. The zero-order valence-corrected chi connectivity index (χ0v) is 10.5. The van der Waals surface area contributed by atoms with Gasteiger partial charge in [-0.1, -0.05) is 11.6 Å². The van der Waals surface area contributed by atoms with Crippen molar-refractivity contribution in [1.29, 1.82) is 0 Å². The Morgan fingerprint density at radius 2 is 1.85 bits per heavy atom. The van der Waals surface area contributed by atoms with Crippen LogP contribution in [0.3, 0.4) is 0 Å². The number of nitrogens with zero attached hydrogens (tertiary/aromatic N) is 3. The van der Waals surface area contributed by atoms with Crippen LogP contribution in [0.25, 0.3) is 22.3 Å². The van der Waals surface area contributed by atoms with Crippen molar-refractivity contribution in [1.82, 2.24) is 19.9 Å². The molecule has 102 valence electrons. The van der Waals surface area contributed by atoms with Gasteiger partial charge in [-0.15, -0.1) is 0 Å². The number of hydrogen-bond acceptors (Lipinski definition) is 3. The Morgan fingerprint density at radius 3 is 2.60 bits per heavy atom. The first-order chi connectivity index (χ1) is 9.43. The molecule has 4 nitrogen and oxygen atoms in total. The van der Waals surface area contributed by atoms with E-state index >= 15 is 0 Å². The number of hydrogen-bond donors (Lipinski definition) is 1. The number of rotatable bonds is 1. The molecule has 0 amide bonds. The van der Waals surface area contributed by atoms with Crippen LogP contribution in [-0.4, -0.2) is 19.9 Å². The molecule has 0 aliphatic carbocycles. The highest BCUT2D eigenvalue weighted by Gasteiger charge is 2.32. The minimum absolute atomic E-state index is 0.152. The molecule has 0 radical (unpaired) electrons. The highest BCUT2D eigenvalue weighted by molar-refractivity contribution is 6.30. The molecular weight excluding hydrogens is 293 g/mol. The van der Waals surface area contributed by atoms with E-state index in [9.17, 15) is 13.2 Å². The number of aromatic nitrogens is 4. The summed E-state index contributed by atoms with van der Waals surface area (Å²) in [5.41, 5.74) is 0.279. The third-order valence-corrected chi connectivity index (χ3v) is 2.91. The molecule has 0 atom stereocenters. The molecule has 1 N–H and O–H groups in total. The SMILES string of the molecule is FC(F)(F)c1cc(-c2cc3cnc(Cl)cc3[nH]2)ncn1. The summed E-state index contributed by atoms with van der Waals surface area (Å²) >= 11 is 5.75. The molecule has 0 fully saturated rings. The zero-order chi connectivity index (χ0) is 14.3. The summed E-state index contributed by atoms with van der Waals surface area (Å²) in [4.78, 5) is 13.9. The molecule has 0 aliphatic rings. The zero-order valence-electron chi connectivity index (χ0n) is 9.74. The van der Waals surface area contributed by atoms with Gasteiger partial charge in [0.15, 0.2) is 0 Å². The molecule has 0 saturated carbocycles. The highest BCUT2D eigenvalue weighted by Crippen LogP contribution is 2.30. The molecule has 0 unspecified atom stereocenters. The Morgan fingerprint density at radius 1 is 1.05 bits per heavy atom. The van der Waals surface area contributed by atoms with Crippen LogP contribution in [0, 0.1) is 0 Å². The van der Waals surface area contributed by atoms with Gasteiger partial charge in [0, 0.05) is 11.6 Å². The molecule has 3 heterocycles. The molecular formula is C12H6ClF3N4. The van der Waals surface area contributed by atoms with Crippen molar-refractivity contribution in [3.05, 3.63) is 41.6 Å². The fourth-order valence-electron chi connectivity index (χ4n) is 1.80. The van der Waals surface area contributed by atoms with Gasteiger partial charge in [-0.2, -0.15) is 13.2 Å². The van der Waals surface area contributed by atoms with E-state index in [2.05, 4.69) is 19.9 Å². The van der Waals surface area contributed by atoms with Crippen LogP contribution in [0.4, 0.5) is 13.2 Å². The topological polar surface area (TPSA) is 54.5 Å². The third-order valence-electron chi connectivity index (χ3n) is 2.70. The molecule has 0 aliphatic heterocycles. The first-order valence-corrected chi connectivity index (χ1v) is 5.85. The third kappa shape index (κ3) is 2.32. The summed E-state index contributed by atoms with van der Waals surface area (Å²) in [6.07, 6.45) is -2.09. The molecule has 0 saturated heterocycles. The Labute approximate surface area is 115 Å². The molecule has 3 aromatic rings. The van der Waals surface area contributed by atoms with Crippen molar-refractivity contribution in [3.8, 4) is 11.4 Å². The van der Waals surface area contributed by atoms with Gasteiger partial charge in [-0.05, 0) is 18.2 Å². The van der Waals surface area contributed by atoms with Crippen LogP contribution in [0.15, 0.2) is 30.7 Å². The maximum Gasteiger partial charge on any atom is 0.433 e. The molecule has 20 heavy (non-hydrogen) atoms. The minimum Gasteiger partial charge on any atom is -0.353 e. The lowest BCUT2D eigenvalue weighted by Gasteiger charge is -2.05. The van der Waals surface area contributed by atoms with Gasteiger partial charge in [0.05, 0.1) is 16.9 Å². The average molecular weight is 299 g/mol. The second-order valence-corrected chi connectivity index (χ2v) is 4.45. The second kappa shape index (κ2) is 4.45. The fraction of sp³-hybridized carbons (Fsp3) is 0.0833. The second-order valence-electron chi connectivity index (χ2n) is 4.06. The number of aromatic amines is 1. The Kier molecular flexibility index (Phi) is 2.86. The predicted molar refractivity (Wildman–Crippen MR) is 67.1 cm³/mol. The quantitative estimate of drug-likeness (QED) is 0.697. The van der Waals surface area contributed by atoms with E-state index in [0.29, 0.717) is 16.4 Å². The molecule has 8 heteroatoms. The van der Waals surface area contributed by atoms with Crippen LogP contribution in [0.2, 0.25) is 5.15 Å². The van der Waals surface area contributed by atoms with Crippen LogP contribution >= 0.6 is 11.6 Å². The van der Waals surface area contributed by atoms with Crippen molar-refractivity contribution in [2.45, 2.75) is 6.18 Å². The van der Waals surface area contributed by atoms with Crippen LogP contribution in [0.1, 0.15) is 5.69 Å². The van der Waals surface area contributed by atoms with Crippen molar-refractivity contribution in [2.24, 2.45) is 0 Å². The van der Waals surface area contributed by atoms with E-state index in [0.717, 1.165) is 17.8 Å². The summed E-state index contributed by atoms with van der Waals surface area (Å²) in [6.45, 7) is 0. The smallest absolute Gasteiger partial charge is 0.353 e. The van der Waals surface area contributed by atoms with Gasteiger partial charge in [-0.3, -0.25) is 0 Å². The summed E-state index contributed by atoms with van der Waals surface area (Å²) in [7, 11) is 0. The van der Waals surface area contributed by atoms with Gasteiger partial charge in [-0.25, -0.2) is 15.0 Å². The lowest BCUT2D eigenvalue weighted by atomic mass is 10.2. The molecule has 0 bridgehead atoms. The maximum absolute atomic E-state index is 12.6. The van der Waals surface area contributed by atoms with E-state index in [1.807, 2.05) is 0 Å². The number of nitrogens with one attached hydrogen (secondary N) is 1. The van der Waals surface area contributed by atoms with Crippen LogP contribution < -0.4 is 0 Å². The largest absolute Gasteiger partial charge is 0.433 e. The van der Waals surface area contributed by atoms with Crippen molar-refractivity contribution >= 4 is 22.5 Å². The summed E-state index contributed by atoms with van der Waals surface area (Å²) < 4.78 is 37.8. The van der Waals surface area contributed by atoms with E-state index in [4.69, 9.17) is 11.6 Å². The molecule has 0 aromatic carbocycles. The van der Waals surface area contributed by atoms with Gasteiger partial charge < -0.3 is 4.98 Å². The van der Waals surface area contributed by atoms with E-state index in [1.165, 1.54) is 6.20 Å². The van der Waals surface area contributed by atoms with E-state index in [1.54, 1.807) is 12.1 Å². The number of fused-ring (bicyclic) bond motifs is 1. The monoisotopic (exact) mass is 298 g/mol. The van der Waals surface area contributed by atoms with Crippen LogP contribution in [-0.2, 0) is 6.18 Å². The predicted octanol–water partition coefficient (Wildman–Crippen LogP) is 3.69. The lowest BCUT2D eigenvalue weighted by Crippen LogP contribution is -2.08. The van der Waals surface area contributed by atoms with Gasteiger partial charge in [0.2, 0.25) is 0 Å². The number of alkyl halides is 3. The van der Waals surface area contributed by atoms with Crippen molar-refractivity contribution in [3.63, 3.8) is 0 Å². The minimum atomic E-state index is -4.51. The van der Waals surface area contributed by atoms with E-state index in [-0.39, 0.29) is 5.69 Å². The highest BCUT2D eigenvalue weighted by atomic mass is 35.5. The maximum atomic E-state index is 12.6. The van der Waals surface area contributed by atoms with Gasteiger partial charge in [0.25, 0.3) is 0 Å².